The topological polar surface area (TPSA) is 32.8 Å². The molecule has 1 saturated heterocycles. The van der Waals surface area contributed by atoms with Crippen LogP contribution < -0.4 is 4.74 Å². The van der Waals surface area contributed by atoms with Gasteiger partial charge in [-0.15, -0.1) is 0 Å². The zero-order valence-corrected chi connectivity index (χ0v) is 11.7. The summed E-state index contributed by atoms with van der Waals surface area (Å²) in [4.78, 5) is 15.7. The number of likely N-dealkylation sites (N-methyl/N-ethyl adjacent to an activating group) is 1. The molecule has 4 nitrogen and oxygen atoms in total. The van der Waals surface area contributed by atoms with Gasteiger partial charge in [0.15, 0.2) is 0 Å². The average molecular weight is 262 g/mol. The highest BCUT2D eigenvalue weighted by atomic mass is 16.5. The van der Waals surface area contributed by atoms with Crippen molar-refractivity contribution in [3.63, 3.8) is 0 Å². The lowest BCUT2D eigenvalue weighted by Gasteiger charge is -2.23. The van der Waals surface area contributed by atoms with Gasteiger partial charge in [0.2, 0.25) is 5.91 Å². The summed E-state index contributed by atoms with van der Waals surface area (Å²) in [5, 5.41) is 0. The van der Waals surface area contributed by atoms with Crippen LogP contribution in [0.3, 0.4) is 0 Å². The van der Waals surface area contributed by atoms with Crippen LogP contribution in [0.2, 0.25) is 0 Å². The minimum Gasteiger partial charge on any atom is -0.493 e. The van der Waals surface area contributed by atoms with Gasteiger partial charge in [0.1, 0.15) is 5.75 Å². The number of nitrogens with zero attached hydrogens (tertiary/aromatic N) is 2. The number of hydrogen-bond acceptors (Lipinski definition) is 3. The van der Waals surface area contributed by atoms with Crippen LogP contribution in [0.1, 0.15) is 6.92 Å². The van der Waals surface area contributed by atoms with Gasteiger partial charge < -0.3 is 14.5 Å². The number of ether oxygens (including phenoxy) is 1. The zero-order chi connectivity index (χ0) is 13.7. The molecule has 0 unspecified atom stereocenters. The van der Waals surface area contributed by atoms with Crippen molar-refractivity contribution in [1.29, 1.82) is 0 Å². The van der Waals surface area contributed by atoms with Gasteiger partial charge in [-0.1, -0.05) is 18.2 Å². The molecule has 4 heteroatoms. The average Bonchev–Trinajstić information content (AvgIpc) is 2.59. The number of para-hydroxylation sites is 1. The number of rotatable bonds is 3. The van der Waals surface area contributed by atoms with E-state index in [1.54, 1.807) is 6.92 Å². The Morgan fingerprint density at radius 3 is 2.68 bits per heavy atom. The Morgan fingerprint density at radius 2 is 2.00 bits per heavy atom. The van der Waals surface area contributed by atoms with Crippen LogP contribution in [-0.2, 0) is 4.79 Å². The number of hydrogen-bond donors (Lipinski definition) is 0. The third-order valence-electron chi connectivity index (χ3n) is 3.47. The molecule has 1 aromatic rings. The SMILES string of the molecule is CC(=O)N1CCN(C)C[C@H](COc2ccccc2)C1. The first-order valence-corrected chi connectivity index (χ1v) is 6.77. The van der Waals surface area contributed by atoms with Gasteiger partial charge in [0.05, 0.1) is 6.61 Å². The van der Waals surface area contributed by atoms with Gasteiger partial charge in [-0.25, -0.2) is 0 Å². The van der Waals surface area contributed by atoms with Gasteiger partial charge in [0, 0.05) is 39.0 Å². The van der Waals surface area contributed by atoms with E-state index in [-0.39, 0.29) is 5.91 Å². The Hall–Kier alpha value is -1.55. The van der Waals surface area contributed by atoms with Crippen LogP contribution in [0, 0.1) is 5.92 Å². The van der Waals surface area contributed by atoms with Gasteiger partial charge >= 0.3 is 0 Å². The lowest BCUT2D eigenvalue weighted by molar-refractivity contribution is -0.129. The molecule has 19 heavy (non-hydrogen) atoms. The van der Waals surface area contributed by atoms with E-state index in [1.165, 1.54) is 0 Å². The summed E-state index contributed by atoms with van der Waals surface area (Å²) >= 11 is 0. The van der Waals surface area contributed by atoms with Gasteiger partial charge in [-0.05, 0) is 19.2 Å². The molecule has 1 aliphatic rings. The minimum absolute atomic E-state index is 0.153. The van der Waals surface area contributed by atoms with Crippen LogP contribution >= 0.6 is 0 Å². The summed E-state index contributed by atoms with van der Waals surface area (Å²) in [5.74, 6) is 1.40. The van der Waals surface area contributed by atoms with Crippen LogP contribution in [0.15, 0.2) is 30.3 Å². The normalized spacial score (nSPS) is 20.9. The molecule has 1 aliphatic heterocycles. The molecule has 0 spiro atoms. The number of carbonyl (C=O) groups excluding carboxylic acids is 1. The van der Waals surface area contributed by atoms with E-state index in [9.17, 15) is 4.79 Å². The van der Waals surface area contributed by atoms with Gasteiger partial charge in [0.25, 0.3) is 0 Å². The predicted octanol–water partition coefficient (Wildman–Crippen LogP) is 1.48. The Kier molecular flexibility index (Phi) is 4.80. The maximum absolute atomic E-state index is 11.5. The number of carbonyl (C=O) groups is 1. The molecule has 0 radical (unpaired) electrons. The fraction of sp³-hybridized carbons (Fsp3) is 0.533. The van der Waals surface area contributed by atoms with Crippen LogP contribution in [0.5, 0.6) is 5.75 Å². The number of benzene rings is 1. The van der Waals surface area contributed by atoms with E-state index in [0.717, 1.165) is 31.9 Å². The highest BCUT2D eigenvalue weighted by Crippen LogP contribution is 2.13. The third kappa shape index (κ3) is 4.24. The first kappa shape index (κ1) is 13.9. The second-order valence-corrected chi connectivity index (χ2v) is 5.22. The molecule has 1 aromatic carbocycles. The first-order valence-electron chi connectivity index (χ1n) is 6.77. The van der Waals surface area contributed by atoms with Crippen molar-refractivity contribution in [2.24, 2.45) is 5.92 Å². The summed E-state index contributed by atoms with van der Waals surface area (Å²) in [5.41, 5.74) is 0. The van der Waals surface area contributed by atoms with Crippen LogP contribution in [0.4, 0.5) is 0 Å². The molecule has 1 fully saturated rings. The Morgan fingerprint density at radius 1 is 1.26 bits per heavy atom. The molecule has 2 rings (SSSR count). The fourth-order valence-corrected chi connectivity index (χ4v) is 2.41. The largest absolute Gasteiger partial charge is 0.493 e. The van der Waals surface area contributed by atoms with Gasteiger partial charge in [-0.2, -0.15) is 0 Å². The van der Waals surface area contributed by atoms with Crippen molar-refractivity contribution in [3.8, 4) is 5.75 Å². The molecule has 0 N–H and O–H groups in total. The Balaban J connectivity index is 1.91. The van der Waals surface area contributed by atoms with Crippen molar-refractivity contribution in [1.82, 2.24) is 9.80 Å². The van der Waals surface area contributed by atoms with E-state index in [0.29, 0.717) is 12.5 Å². The summed E-state index contributed by atoms with van der Waals surface area (Å²) in [6.45, 7) is 5.79. The molecule has 0 saturated carbocycles. The molecule has 1 atom stereocenters. The maximum atomic E-state index is 11.5. The molecule has 104 valence electrons. The lowest BCUT2D eigenvalue weighted by Crippen LogP contribution is -2.35. The Labute approximate surface area is 115 Å². The van der Waals surface area contributed by atoms with E-state index in [1.807, 2.05) is 35.2 Å². The molecule has 1 amide bonds. The molecular formula is C15H22N2O2. The lowest BCUT2D eigenvalue weighted by atomic mass is 10.1. The molecule has 1 heterocycles. The summed E-state index contributed by atoms with van der Waals surface area (Å²) in [6, 6.07) is 9.84. The van der Waals surface area contributed by atoms with Gasteiger partial charge in [-0.3, -0.25) is 4.79 Å². The highest BCUT2D eigenvalue weighted by Gasteiger charge is 2.22. The molecule has 0 aliphatic carbocycles. The Bertz CT molecular complexity index is 408. The van der Waals surface area contributed by atoms with Crippen molar-refractivity contribution < 1.29 is 9.53 Å². The maximum Gasteiger partial charge on any atom is 0.219 e. The van der Waals surface area contributed by atoms with Crippen molar-refractivity contribution >= 4 is 5.91 Å². The molecule has 0 bridgehead atoms. The first-order chi connectivity index (χ1) is 9.15. The fourth-order valence-electron chi connectivity index (χ4n) is 2.41. The monoisotopic (exact) mass is 262 g/mol. The standard InChI is InChI=1S/C15H22N2O2/c1-13(18)17-9-8-16(2)10-14(11-17)12-19-15-6-4-3-5-7-15/h3-7,14H,8-12H2,1-2H3/t14-/m0/s1. The summed E-state index contributed by atoms with van der Waals surface area (Å²) in [7, 11) is 2.10. The van der Waals surface area contributed by atoms with E-state index in [4.69, 9.17) is 4.74 Å². The van der Waals surface area contributed by atoms with Crippen molar-refractivity contribution in [3.05, 3.63) is 30.3 Å². The second kappa shape index (κ2) is 6.57. The minimum atomic E-state index is 0.153. The van der Waals surface area contributed by atoms with E-state index < -0.39 is 0 Å². The summed E-state index contributed by atoms with van der Waals surface area (Å²) < 4.78 is 5.81. The smallest absolute Gasteiger partial charge is 0.219 e. The number of amides is 1. The van der Waals surface area contributed by atoms with Crippen LogP contribution in [0.25, 0.3) is 0 Å². The zero-order valence-electron chi connectivity index (χ0n) is 11.7. The van der Waals surface area contributed by atoms with Crippen LogP contribution in [-0.4, -0.2) is 55.5 Å². The molecule has 0 aromatic heterocycles. The van der Waals surface area contributed by atoms with E-state index >= 15 is 0 Å². The van der Waals surface area contributed by atoms with Crippen molar-refractivity contribution in [2.45, 2.75) is 6.92 Å². The molecular weight excluding hydrogens is 240 g/mol. The predicted molar refractivity (Wildman–Crippen MR) is 75.2 cm³/mol. The van der Waals surface area contributed by atoms with E-state index in [2.05, 4.69) is 11.9 Å². The van der Waals surface area contributed by atoms with Crippen molar-refractivity contribution in [2.75, 3.05) is 39.8 Å². The quantitative estimate of drug-likeness (QED) is 0.827. The summed E-state index contributed by atoms with van der Waals surface area (Å²) in [6.07, 6.45) is 0. The third-order valence-corrected chi connectivity index (χ3v) is 3.47. The second-order valence-electron chi connectivity index (χ2n) is 5.22. The highest BCUT2D eigenvalue weighted by molar-refractivity contribution is 5.73.